The molecule has 0 unspecified atom stereocenters. The van der Waals surface area contributed by atoms with E-state index in [0.29, 0.717) is 0 Å². The molecule has 0 saturated carbocycles. The summed E-state index contributed by atoms with van der Waals surface area (Å²) < 4.78 is 14.9. The summed E-state index contributed by atoms with van der Waals surface area (Å²) in [7, 11) is 6.89. The van der Waals surface area contributed by atoms with E-state index in [1.165, 1.54) is 5.56 Å². The van der Waals surface area contributed by atoms with Crippen LogP contribution in [0.25, 0.3) is 0 Å². The van der Waals surface area contributed by atoms with Gasteiger partial charge in [-0.25, -0.2) is 0 Å². The second-order valence-electron chi connectivity index (χ2n) is 4.26. The molecule has 0 aliphatic carbocycles. The fraction of sp³-hybridized carbons (Fsp3) is 0.294. The molecule has 0 heterocycles. The molecule has 0 aliphatic heterocycles. The van der Waals surface area contributed by atoms with Crippen molar-refractivity contribution in [3.05, 3.63) is 54.1 Å². The van der Waals surface area contributed by atoms with Crippen LogP contribution in [0, 0.1) is 0 Å². The molecule has 5 heteroatoms. The van der Waals surface area contributed by atoms with Crippen molar-refractivity contribution in [3.8, 4) is 17.2 Å². The zero-order chi connectivity index (χ0) is 15.5. The van der Waals surface area contributed by atoms with E-state index in [1.807, 2.05) is 43.4 Å². The monoisotopic (exact) mass is 378 g/mol. The summed E-state index contributed by atoms with van der Waals surface area (Å²) in [5.74, 6) is 2.60. The van der Waals surface area contributed by atoms with Gasteiger partial charge in [0.1, 0.15) is 17.2 Å². The van der Waals surface area contributed by atoms with Gasteiger partial charge in [0.05, 0.1) is 21.3 Å². The van der Waals surface area contributed by atoms with E-state index in [-0.39, 0.29) is 32.7 Å². The summed E-state index contributed by atoms with van der Waals surface area (Å²) in [4.78, 5) is 0. The van der Waals surface area contributed by atoms with Crippen molar-refractivity contribution < 1.29 is 46.9 Å². The van der Waals surface area contributed by atoms with Gasteiger partial charge < -0.3 is 19.5 Å². The summed E-state index contributed by atoms with van der Waals surface area (Å²) in [6, 6.07) is 15.5. The van der Waals surface area contributed by atoms with Crippen molar-refractivity contribution in [2.24, 2.45) is 0 Å². The Balaban J connectivity index is 0.000000385. The Morgan fingerprint density at radius 3 is 1.27 bits per heavy atom. The van der Waals surface area contributed by atoms with Gasteiger partial charge in [-0.15, -0.1) is 0 Å². The topological polar surface area (TPSA) is 39.7 Å². The Kier molecular flexibility index (Phi) is 11.8. The Bertz CT molecular complexity index is 477. The molecule has 2 aromatic rings. The van der Waals surface area contributed by atoms with Gasteiger partial charge >= 0.3 is 0 Å². The third-order valence-corrected chi connectivity index (χ3v) is 2.84. The number of methoxy groups -OCH3 is 3. The standard InChI is InChI=1S/C9H13NO.C8H10O2.Y/c1-10-7-8-3-5-9(11-2)6-4-8;1-9-7-3-5-8(10-2)6-4-7;/h3-6,10H,7H2,1-2H3;3-6H,1-2H3;. The molecule has 1 N–H and O–H groups in total. The molecule has 0 amide bonds. The Hall–Kier alpha value is -1.10. The predicted molar refractivity (Wildman–Crippen MR) is 85.3 cm³/mol. The van der Waals surface area contributed by atoms with Crippen LogP contribution in [-0.2, 0) is 39.3 Å². The van der Waals surface area contributed by atoms with Gasteiger partial charge in [-0.1, -0.05) is 12.1 Å². The maximum Gasteiger partial charge on any atom is 0.119 e. The van der Waals surface area contributed by atoms with Crippen LogP contribution in [0.15, 0.2) is 48.5 Å². The van der Waals surface area contributed by atoms with E-state index in [0.717, 1.165) is 23.8 Å². The first-order chi connectivity index (χ1) is 10.2. The number of hydrogen-bond acceptors (Lipinski definition) is 4. The van der Waals surface area contributed by atoms with Crippen molar-refractivity contribution in [1.82, 2.24) is 5.32 Å². The Labute approximate surface area is 158 Å². The first-order valence-corrected chi connectivity index (χ1v) is 6.69. The van der Waals surface area contributed by atoms with Crippen LogP contribution in [0.5, 0.6) is 17.2 Å². The first-order valence-electron chi connectivity index (χ1n) is 6.69. The van der Waals surface area contributed by atoms with Gasteiger partial charge in [0.25, 0.3) is 0 Å². The quantitative estimate of drug-likeness (QED) is 0.868. The third kappa shape index (κ3) is 7.78. The average molecular weight is 378 g/mol. The zero-order valence-corrected chi connectivity index (χ0v) is 16.5. The molecule has 4 nitrogen and oxygen atoms in total. The van der Waals surface area contributed by atoms with Crippen LogP contribution in [0.2, 0.25) is 0 Å². The summed E-state index contributed by atoms with van der Waals surface area (Å²) in [6.07, 6.45) is 0. The summed E-state index contributed by atoms with van der Waals surface area (Å²) in [5.41, 5.74) is 1.27. The minimum atomic E-state index is 0. The molecule has 0 aromatic heterocycles. The third-order valence-electron chi connectivity index (χ3n) is 2.84. The fourth-order valence-electron chi connectivity index (χ4n) is 1.66. The van der Waals surface area contributed by atoms with E-state index in [2.05, 4.69) is 17.4 Å². The average Bonchev–Trinajstić information content (AvgIpc) is 2.56. The molecule has 1 radical (unpaired) electrons. The summed E-state index contributed by atoms with van der Waals surface area (Å²) in [6.45, 7) is 0.907. The molecule has 22 heavy (non-hydrogen) atoms. The van der Waals surface area contributed by atoms with Crippen LogP contribution < -0.4 is 19.5 Å². The maximum absolute atomic E-state index is 5.03. The van der Waals surface area contributed by atoms with Gasteiger partial charge in [-0.05, 0) is 49.0 Å². The second-order valence-corrected chi connectivity index (χ2v) is 4.26. The Morgan fingerprint density at radius 2 is 1.00 bits per heavy atom. The normalized spacial score (nSPS) is 8.91. The molecule has 0 spiro atoms. The molecule has 0 bridgehead atoms. The van der Waals surface area contributed by atoms with Crippen LogP contribution >= 0.6 is 0 Å². The minimum absolute atomic E-state index is 0. The molecular weight excluding hydrogens is 355 g/mol. The van der Waals surface area contributed by atoms with Gasteiger partial charge in [-0.3, -0.25) is 0 Å². The predicted octanol–water partition coefficient (Wildman–Crippen LogP) is 3.12. The van der Waals surface area contributed by atoms with Crippen LogP contribution in [0.4, 0.5) is 0 Å². The zero-order valence-electron chi connectivity index (χ0n) is 13.6. The largest absolute Gasteiger partial charge is 0.497 e. The van der Waals surface area contributed by atoms with Crippen molar-refractivity contribution >= 4 is 0 Å². The number of ether oxygens (including phenoxy) is 3. The molecule has 2 aromatic carbocycles. The first kappa shape index (κ1) is 20.9. The van der Waals surface area contributed by atoms with Gasteiger partial charge in [-0.2, -0.15) is 0 Å². The summed E-state index contributed by atoms with van der Waals surface area (Å²) >= 11 is 0. The van der Waals surface area contributed by atoms with Gasteiger partial charge in [0.15, 0.2) is 0 Å². The number of benzene rings is 2. The van der Waals surface area contributed by atoms with E-state index in [4.69, 9.17) is 14.2 Å². The van der Waals surface area contributed by atoms with E-state index in [1.54, 1.807) is 21.3 Å². The fourth-order valence-corrected chi connectivity index (χ4v) is 1.66. The Morgan fingerprint density at radius 1 is 0.682 bits per heavy atom. The summed E-state index contributed by atoms with van der Waals surface area (Å²) in [5, 5.41) is 3.08. The van der Waals surface area contributed by atoms with Gasteiger partial charge in [0, 0.05) is 39.3 Å². The molecule has 0 aliphatic rings. The van der Waals surface area contributed by atoms with Crippen molar-refractivity contribution in [1.29, 1.82) is 0 Å². The number of hydrogen-bond donors (Lipinski definition) is 1. The van der Waals surface area contributed by atoms with Crippen LogP contribution in [0.1, 0.15) is 5.56 Å². The maximum atomic E-state index is 5.03. The van der Waals surface area contributed by atoms with E-state index >= 15 is 0 Å². The molecule has 0 atom stereocenters. The van der Waals surface area contributed by atoms with Crippen LogP contribution in [-0.4, -0.2) is 28.4 Å². The molecule has 0 saturated heterocycles. The number of rotatable bonds is 5. The van der Waals surface area contributed by atoms with Crippen molar-refractivity contribution in [2.75, 3.05) is 28.4 Å². The number of nitrogens with one attached hydrogen (secondary N) is 1. The smallest absolute Gasteiger partial charge is 0.119 e. The van der Waals surface area contributed by atoms with E-state index in [9.17, 15) is 0 Å². The van der Waals surface area contributed by atoms with E-state index < -0.39 is 0 Å². The molecular formula is C17H23NO3Y. The molecule has 2 rings (SSSR count). The second kappa shape index (κ2) is 12.4. The van der Waals surface area contributed by atoms with Gasteiger partial charge in [0.2, 0.25) is 0 Å². The SMILES string of the molecule is CNCc1ccc(OC)cc1.COc1ccc(OC)cc1.[Y]. The molecule has 0 fully saturated rings. The van der Waals surface area contributed by atoms with Crippen LogP contribution in [0.3, 0.4) is 0 Å². The molecule has 117 valence electrons. The van der Waals surface area contributed by atoms with Crippen molar-refractivity contribution in [3.63, 3.8) is 0 Å². The van der Waals surface area contributed by atoms with Crippen molar-refractivity contribution in [2.45, 2.75) is 6.54 Å². The minimum Gasteiger partial charge on any atom is -0.497 e.